The molecule has 2 heterocycles. The molecular weight excluding hydrogens is 325 g/mol. The third-order valence-corrected chi connectivity index (χ3v) is 4.46. The average Bonchev–Trinajstić information content (AvgIpc) is 3.05. The Balaban J connectivity index is 1.72. The van der Waals surface area contributed by atoms with Gasteiger partial charge in [-0.25, -0.2) is 4.79 Å². The monoisotopic (exact) mass is 342 g/mol. The minimum atomic E-state index is -4.41. The van der Waals surface area contributed by atoms with Gasteiger partial charge in [-0.3, -0.25) is 9.69 Å². The normalized spacial score (nSPS) is 25.0. The minimum absolute atomic E-state index is 0.0487. The molecule has 24 heavy (non-hydrogen) atoms. The van der Waals surface area contributed by atoms with E-state index < -0.39 is 17.8 Å². The van der Waals surface area contributed by atoms with Crippen molar-refractivity contribution in [1.29, 1.82) is 0 Å². The summed E-state index contributed by atoms with van der Waals surface area (Å²) in [5, 5.41) is 2.68. The zero-order valence-corrected chi connectivity index (χ0v) is 12.8. The number of benzene rings is 1. The van der Waals surface area contributed by atoms with Crippen molar-refractivity contribution in [3.63, 3.8) is 0 Å². The molecule has 3 amide bonds. The Bertz CT molecular complexity index is 624. The number of hydrogen-bond acceptors (Lipinski definition) is 3. The summed E-state index contributed by atoms with van der Waals surface area (Å²) in [7, 11) is 0. The van der Waals surface area contributed by atoms with Crippen LogP contribution < -0.4 is 5.32 Å². The van der Waals surface area contributed by atoms with Gasteiger partial charge in [0.25, 0.3) is 0 Å². The van der Waals surface area contributed by atoms with Gasteiger partial charge in [0, 0.05) is 13.2 Å². The summed E-state index contributed by atoms with van der Waals surface area (Å²) in [6.07, 6.45) is -3.65. The number of nitrogens with zero attached hydrogens (tertiary/aromatic N) is 1. The predicted molar refractivity (Wildman–Crippen MR) is 77.8 cm³/mol. The molecule has 2 fully saturated rings. The van der Waals surface area contributed by atoms with Gasteiger partial charge in [-0.1, -0.05) is 12.1 Å². The first-order chi connectivity index (χ1) is 11.4. The number of hydrogen-bond donors (Lipinski definition) is 1. The van der Waals surface area contributed by atoms with Crippen molar-refractivity contribution < 1.29 is 27.5 Å². The topological polar surface area (TPSA) is 58.6 Å². The van der Waals surface area contributed by atoms with Crippen LogP contribution in [0.1, 0.15) is 17.5 Å². The van der Waals surface area contributed by atoms with Crippen LogP contribution in [0, 0.1) is 11.8 Å². The summed E-state index contributed by atoms with van der Waals surface area (Å²) in [6.45, 7) is 1.31. The molecular formula is C16H17F3N2O3. The number of imide groups is 1. The number of halogens is 3. The third-order valence-electron chi connectivity index (χ3n) is 4.46. The fourth-order valence-electron chi connectivity index (χ4n) is 3.05. The SMILES string of the molecule is O=C1NCC(C2CCOC2)C(=O)N1Cc1ccc(C(F)(F)F)cc1. The molecule has 2 saturated heterocycles. The van der Waals surface area contributed by atoms with E-state index in [1.54, 1.807) is 0 Å². The van der Waals surface area contributed by atoms with Crippen molar-refractivity contribution in [1.82, 2.24) is 10.2 Å². The molecule has 5 nitrogen and oxygen atoms in total. The first kappa shape index (κ1) is 16.8. The van der Waals surface area contributed by atoms with Gasteiger partial charge in [0.1, 0.15) is 0 Å². The number of urea groups is 1. The summed E-state index contributed by atoms with van der Waals surface area (Å²) in [6, 6.07) is 3.95. The molecule has 0 spiro atoms. The van der Waals surface area contributed by atoms with Gasteiger partial charge < -0.3 is 10.1 Å². The number of amides is 3. The van der Waals surface area contributed by atoms with E-state index in [1.807, 2.05) is 0 Å². The molecule has 2 atom stereocenters. The highest BCUT2D eigenvalue weighted by atomic mass is 19.4. The Kier molecular flexibility index (Phi) is 4.49. The average molecular weight is 342 g/mol. The van der Waals surface area contributed by atoms with Gasteiger partial charge in [0.2, 0.25) is 5.91 Å². The number of carbonyl (C=O) groups excluding carboxylic acids is 2. The maximum Gasteiger partial charge on any atom is 0.416 e. The first-order valence-electron chi connectivity index (χ1n) is 7.69. The Morgan fingerprint density at radius 3 is 2.50 bits per heavy atom. The molecule has 0 saturated carbocycles. The summed E-state index contributed by atoms with van der Waals surface area (Å²) < 4.78 is 43.1. The van der Waals surface area contributed by atoms with Crippen LogP contribution in [-0.4, -0.2) is 36.6 Å². The summed E-state index contributed by atoms with van der Waals surface area (Å²) in [5.74, 6) is -0.581. The highest BCUT2D eigenvalue weighted by Crippen LogP contribution is 2.30. The molecule has 1 aromatic carbocycles. The second-order valence-corrected chi connectivity index (χ2v) is 6.04. The number of carbonyl (C=O) groups is 2. The highest BCUT2D eigenvalue weighted by Gasteiger charge is 2.40. The smallest absolute Gasteiger partial charge is 0.381 e. The fraction of sp³-hybridized carbons (Fsp3) is 0.500. The molecule has 2 unspecified atom stereocenters. The lowest BCUT2D eigenvalue weighted by atomic mass is 9.89. The van der Waals surface area contributed by atoms with Crippen molar-refractivity contribution in [3.8, 4) is 0 Å². The quantitative estimate of drug-likeness (QED) is 0.918. The van der Waals surface area contributed by atoms with E-state index in [1.165, 1.54) is 12.1 Å². The van der Waals surface area contributed by atoms with Crippen molar-refractivity contribution >= 4 is 11.9 Å². The minimum Gasteiger partial charge on any atom is -0.381 e. The number of ether oxygens (including phenoxy) is 1. The Morgan fingerprint density at radius 2 is 1.92 bits per heavy atom. The highest BCUT2D eigenvalue weighted by molar-refractivity contribution is 5.98. The van der Waals surface area contributed by atoms with Crippen LogP contribution in [0.15, 0.2) is 24.3 Å². The van der Waals surface area contributed by atoms with E-state index >= 15 is 0 Å². The molecule has 130 valence electrons. The van der Waals surface area contributed by atoms with Gasteiger partial charge in [-0.15, -0.1) is 0 Å². The van der Waals surface area contributed by atoms with Crippen LogP contribution in [0.5, 0.6) is 0 Å². The van der Waals surface area contributed by atoms with Crippen molar-refractivity contribution in [3.05, 3.63) is 35.4 Å². The van der Waals surface area contributed by atoms with E-state index in [0.717, 1.165) is 23.5 Å². The largest absolute Gasteiger partial charge is 0.416 e. The molecule has 0 bridgehead atoms. The van der Waals surface area contributed by atoms with Crippen LogP contribution >= 0.6 is 0 Å². The molecule has 8 heteroatoms. The molecule has 2 aliphatic heterocycles. The molecule has 3 rings (SSSR count). The number of nitrogens with one attached hydrogen (secondary N) is 1. The second kappa shape index (κ2) is 6.43. The summed E-state index contributed by atoms with van der Waals surface area (Å²) in [5.41, 5.74) is -0.295. The molecule has 0 radical (unpaired) electrons. The molecule has 1 aromatic rings. The fourth-order valence-corrected chi connectivity index (χ4v) is 3.05. The van der Waals surface area contributed by atoms with Crippen molar-refractivity contribution in [2.75, 3.05) is 19.8 Å². The molecule has 0 aromatic heterocycles. The van der Waals surface area contributed by atoms with Gasteiger partial charge in [-0.05, 0) is 30.0 Å². The number of rotatable bonds is 3. The van der Waals surface area contributed by atoms with Gasteiger partial charge in [0.05, 0.1) is 24.6 Å². The van der Waals surface area contributed by atoms with E-state index in [4.69, 9.17) is 4.74 Å². The lowest BCUT2D eigenvalue weighted by Gasteiger charge is -2.33. The lowest BCUT2D eigenvalue weighted by Crippen LogP contribution is -2.56. The van der Waals surface area contributed by atoms with Crippen molar-refractivity contribution in [2.45, 2.75) is 19.1 Å². The van der Waals surface area contributed by atoms with E-state index in [9.17, 15) is 22.8 Å². The zero-order chi connectivity index (χ0) is 17.3. The molecule has 2 aliphatic rings. The third kappa shape index (κ3) is 3.38. The summed E-state index contributed by atoms with van der Waals surface area (Å²) >= 11 is 0. The van der Waals surface area contributed by atoms with Crippen LogP contribution in [0.4, 0.5) is 18.0 Å². The van der Waals surface area contributed by atoms with E-state index in [-0.39, 0.29) is 30.8 Å². The maximum absolute atomic E-state index is 12.6. The van der Waals surface area contributed by atoms with E-state index in [0.29, 0.717) is 18.8 Å². The van der Waals surface area contributed by atoms with E-state index in [2.05, 4.69) is 5.32 Å². The Morgan fingerprint density at radius 1 is 1.21 bits per heavy atom. The van der Waals surface area contributed by atoms with Crippen LogP contribution in [0.25, 0.3) is 0 Å². The second-order valence-electron chi connectivity index (χ2n) is 6.04. The van der Waals surface area contributed by atoms with Crippen LogP contribution in [-0.2, 0) is 22.3 Å². The zero-order valence-electron chi connectivity index (χ0n) is 12.8. The standard InChI is InChI=1S/C16H17F3N2O3/c17-16(18,19)12-3-1-10(2-4-12)8-21-14(22)13(7-20-15(21)23)11-5-6-24-9-11/h1-4,11,13H,5-9H2,(H,20,23). The predicted octanol–water partition coefficient (Wildman–Crippen LogP) is 2.41. The summed E-state index contributed by atoms with van der Waals surface area (Å²) in [4.78, 5) is 25.6. The first-order valence-corrected chi connectivity index (χ1v) is 7.69. The molecule has 0 aliphatic carbocycles. The Labute approximate surface area is 136 Å². The number of alkyl halides is 3. The maximum atomic E-state index is 12.6. The van der Waals surface area contributed by atoms with Gasteiger partial charge in [0.15, 0.2) is 0 Å². The Hall–Kier alpha value is -2.09. The van der Waals surface area contributed by atoms with Gasteiger partial charge in [-0.2, -0.15) is 13.2 Å². The van der Waals surface area contributed by atoms with Gasteiger partial charge >= 0.3 is 12.2 Å². The van der Waals surface area contributed by atoms with Crippen LogP contribution in [0.2, 0.25) is 0 Å². The lowest BCUT2D eigenvalue weighted by molar-refractivity contribution is -0.138. The molecule has 1 N–H and O–H groups in total. The van der Waals surface area contributed by atoms with Crippen LogP contribution in [0.3, 0.4) is 0 Å². The van der Waals surface area contributed by atoms with Crippen molar-refractivity contribution in [2.24, 2.45) is 11.8 Å².